The number of hydrogen-bond acceptors (Lipinski definition) is 4. The van der Waals surface area contributed by atoms with Crippen LogP contribution in [0, 0.1) is 18.8 Å². The van der Waals surface area contributed by atoms with E-state index < -0.39 is 5.97 Å². The molecule has 2 N–H and O–H groups in total. The molecule has 0 amide bonds. The first-order valence-electron chi connectivity index (χ1n) is 6.12. The number of rotatable bonds is 5. The van der Waals surface area contributed by atoms with E-state index in [1.54, 1.807) is 6.92 Å². The normalized spacial score (nSPS) is 19.6. The molecule has 0 aromatic carbocycles. The van der Waals surface area contributed by atoms with Crippen molar-refractivity contribution in [1.82, 2.24) is 4.98 Å². The van der Waals surface area contributed by atoms with E-state index in [4.69, 9.17) is 5.11 Å². The number of nitrogens with zero attached hydrogens (tertiary/aromatic N) is 1. The van der Waals surface area contributed by atoms with Crippen LogP contribution in [0.4, 0.5) is 5.13 Å². The van der Waals surface area contributed by atoms with Gasteiger partial charge in [-0.25, -0.2) is 9.78 Å². The molecule has 3 rings (SSSR count). The summed E-state index contributed by atoms with van der Waals surface area (Å²) in [4.78, 5) is 15.6. The predicted molar refractivity (Wildman–Crippen MR) is 66.7 cm³/mol. The Hall–Kier alpha value is -1.10. The number of carboxylic acids is 1. The molecule has 1 aromatic heterocycles. The summed E-state index contributed by atoms with van der Waals surface area (Å²) < 4.78 is 0. The fourth-order valence-corrected chi connectivity index (χ4v) is 3.18. The van der Waals surface area contributed by atoms with Gasteiger partial charge in [0, 0.05) is 6.04 Å². The largest absolute Gasteiger partial charge is 0.477 e. The fourth-order valence-electron chi connectivity index (χ4n) is 2.33. The monoisotopic (exact) mass is 252 g/mol. The highest BCUT2D eigenvalue weighted by Gasteiger charge is 2.41. The van der Waals surface area contributed by atoms with Crippen molar-refractivity contribution in [2.75, 3.05) is 5.32 Å². The van der Waals surface area contributed by atoms with Crippen LogP contribution in [0.3, 0.4) is 0 Å². The summed E-state index contributed by atoms with van der Waals surface area (Å²) in [5, 5.41) is 13.2. The Kier molecular flexibility index (Phi) is 2.58. The second kappa shape index (κ2) is 3.98. The number of carboxylic acid groups (broad SMARTS) is 1. The van der Waals surface area contributed by atoms with Gasteiger partial charge in [0.1, 0.15) is 4.88 Å². The van der Waals surface area contributed by atoms with Crippen molar-refractivity contribution in [2.45, 2.75) is 38.6 Å². The maximum absolute atomic E-state index is 11.0. The van der Waals surface area contributed by atoms with Crippen molar-refractivity contribution in [2.24, 2.45) is 11.8 Å². The predicted octanol–water partition coefficient (Wildman–Crippen LogP) is 2.75. The van der Waals surface area contributed by atoms with Crippen LogP contribution in [0.25, 0.3) is 0 Å². The van der Waals surface area contributed by atoms with Crippen LogP contribution in [0.15, 0.2) is 0 Å². The number of hydrogen-bond donors (Lipinski definition) is 2. The molecule has 0 spiro atoms. The number of aryl methyl sites for hydroxylation is 1. The van der Waals surface area contributed by atoms with Crippen LogP contribution in [-0.4, -0.2) is 22.1 Å². The molecular weight excluding hydrogens is 236 g/mol. The standard InChI is InChI=1S/C12H16N2O2S/c1-6-10(11(15)16)17-12(13-6)14-9(7-2-3-7)8-4-5-8/h7-9H,2-5H2,1H3,(H,13,14)(H,15,16). The van der Waals surface area contributed by atoms with Gasteiger partial charge in [-0.05, 0) is 44.4 Å². The first-order chi connectivity index (χ1) is 8.15. The minimum absolute atomic E-state index is 0.359. The second-order valence-electron chi connectivity index (χ2n) is 5.08. The van der Waals surface area contributed by atoms with Crippen LogP contribution >= 0.6 is 11.3 Å². The lowest BCUT2D eigenvalue weighted by Crippen LogP contribution is -2.24. The van der Waals surface area contributed by atoms with Gasteiger partial charge in [-0.3, -0.25) is 0 Å². The quantitative estimate of drug-likeness (QED) is 0.846. The third-order valence-electron chi connectivity index (χ3n) is 3.54. The molecular formula is C12H16N2O2S. The van der Waals surface area contributed by atoms with Crippen molar-refractivity contribution >= 4 is 22.4 Å². The third-order valence-corrected chi connectivity index (χ3v) is 4.62. The van der Waals surface area contributed by atoms with E-state index in [-0.39, 0.29) is 0 Å². The summed E-state index contributed by atoms with van der Waals surface area (Å²) >= 11 is 1.26. The number of anilines is 1. The topological polar surface area (TPSA) is 62.2 Å². The lowest BCUT2D eigenvalue weighted by Gasteiger charge is -2.16. The van der Waals surface area contributed by atoms with E-state index in [1.165, 1.54) is 37.0 Å². The summed E-state index contributed by atoms with van der Waals surface area (Å²) in [5.74, 6) is 0.711. The molecule has 0 aliphatic heterocycles. The van der Waals surface area contributed by atoms with E-state index in [0.717, 1.165) is 17.0 Å². The Morgan fingerprint density at radius 2 is 2.00 bits per heavy atom. The van der Waals surface area contributed by atoms with E-state index >= 15 is 0 Å². The van der Waals surface area contributed by atoms with Crippen molar-refractivity contribution in [3.63, 3.8) is 0 Å². The Bertz CT molecular complexity index is 437. The molecule has 2 saturated carbocycles. The molecule has 0 unspecified atom stereocenters. The van der Waals surface area contributed by atoms with Gasteiger partial charge in [-0.1, -0.05) is 11.3 Å². The first-order valence-corrected chi connectivity index (χ1v) is 6.94. The van der Waals surface area contributed by atoms with E-state index in [0.29, 0.717) is 16.6 Å². The summed E-state index contributed by atoms with van der Waals surface area (Å²) in [6, 6.07) is 0.530. The Morgan fingerprint density at radius 1 is 1.41 bits per heavy atom. The zero-order chi connectivity index (χ0) is 12.0. The fraction of sp³-hybridized carbons (Fsp3) is 0.667. The van der Waals surface area contributed by atoms with Gasteiger partial charge in [-0.2, -0.15) is 0 Å². The van der Waals surface area contributed by atoms with Crippen LogP contribution in [0.5, 0.6) is 0 Å². The van der Waals surface area contributed by atoms with Crippen LogP contribution in [-0.2, 0) is 0 Å². The highest BCUT2D eigenvalue weighted by atomic mass is 32.1. The van der Waals surface area contributed by atoms with Gasteiger partial charge < -0.3 is 10.4 Å². The zero-order valence-electron chi connectivity index (χ0n) is 9.77. The van der Waals surface area contributed by atoms with Gasteiger partial charge in [-0.15, -0.1) is 0 Å². The Balaban J connectivity index is 1.74. The van der Waals surface area contributed by atoms with Gasteiger partial charge in [0.2, 0.25) is 0 Å². The summed E-state index contributed by atoms with van der Waals surface area (Å²) in [7, 11) is 0. The van der Waals surface area contributed by atoms with Crippen molar-refractivity contribution in [3.05, 3.63) is 10.6 Å². The number of aromatic carboxylic acids is 1. The van der Waals surface area contributed by atoms with E-state index in [1.807, 2.05) is 0 Å². The first kappa shape index (κ1) is 11.0. The van der Waals surface area contributed by atoms with Gasteiger partial charge >= 0.3 is 5.97 Å². The average molecular weight is 252 g/mol. The molecule has 0 saturated heterocycles. The SMILES string of the molecule is Cc1nc(NC(C2CC2)C2CC2)sc1C(=O)O. The van der Waals surface area contributed by atoms with E-state index in [9.17, 15) is 4.79 Å². The molecule has 1 aromatic rings. The molecule has 2 aliphatic rings. The minimum atomic E-state index is -0.873. The molecule has 0 bridgehead atoms. The highest BCUT2D eigenvalue weighted by molar-refractivity contribution is 7.17. The van der Waals surface area contributed by atoms with Crippen LogP contribution in [0.1, 0.15) is 41.0 Å². The smallest absolute Gasteiger partial charge is 0.347 e. The lowest BCUT2D eigenvalue weighted by molar-refractivity contribution is 0.0701. The number of aromatic nitrogens is 1. The Labute approximate surface area is 104 Å². The minimum Gasteiger partial charge on any atom is -0.477 e. The maximum Gasteiger partial charge on any atom is 0.347 e. The van der Waals surface area contributed by atoms with Crippen molar-refractivity contribution in [1.29, 1.82) is 0 Å². The molecule has 5 heteroatoms. The summed E-state index contributed by atoms with van der Waals surface area (Å²) in [6.07, 6.45) is 5.24. The number of thiazole rings is 1. The summed E-state index contributed by atoms with van der Waals surface area (Å²) in [6.45, 7) is 1.76. The second-order valence-corrected chi connectivity index (χ2v) is 6.08. The van der Waals surface area contributed by atoms with Gasteiger partial charge in [0.25, 0.3) is 0 Å². The Morgan fingerprint density at radius 3 is 2.41 bits per heavy atom. The van der Waals surface area contributed by atoms with Crippen molar-refractivity contribution < 1.29 is 9.90 Å². The maximum atomic E-state index is 11.0. The lowest BCUT2D eigenvalue weighted by atomic mass is 10.1. The molecule has 2 aliphatic carbocycles. The number of carbonyl (C=O) groups is 1. The zero-order valence-corrected chi connectivity index (χ0v) is 10.6. The molecule has 92 valence electrons. The summed E-state index contributed by atoms with van der Waals surface area (Å²) in [5.41, 5.74) is 0.621. The van der Waals surface area contributed by atoms with Gasteiger partial charge in [0.05, 0.1) is 5.69 Å². The average Bonchev–Trinajstić information content (AvgIpc) is 3.14. The van der Waals surface area contributed by atoms with Gasteiger partial charge in [0.15, 0.2) is 5.13 Å². The molecule has 0 atom stereocenters. The third kappa shape index (κ3) is 2.29. The van der Waals surface area contributed by atoms with Crippen LogP contribution < -0.4 is 5.32 Å². The van der Waals surface area contributed by atoms with E-state index in [2.05, 4.69) is 10.3 Å². The molecule has 17 heavy (non-hydrogen) atoms. The highest BCUT2D eigenvalue weighted by Crippen LogP contribution is 2.46. The molecule has 2 fully saturated rings. The van der Waals surface area contributed by atoms with Crippen LogP contribution in [0.2, 0.25) is 0 Å². The molecule has 0 radical (unpaired) electrons. The molecule has 4 nitrogen and oxygen atoms in total. The van der Waals surface area contributed by atoms with Crippen molar-refractivity contribution in [3.8, 4) is 0 Å². The number of nitrogens with one attached hydrogen (secondary N) is 1. The molecule has 1 heterocycles.